The summed E-state index contributed by atoms with van der Waals surface area (Å²) >= 11 is 0. The highest BCUT2D eigenvalue weighted by Crippen LogP contribution is 2.35. The summed E-state index contributed by atoms with van der Waals surface area (Å²) in [6, 6.07) is 20.5. The van der Waals surface area contributed by atoms with Crippen LogP contribution in [0.25, 0.3) is 22.0 Å². The number of carbonyl (C=O) groups is 1. The van der Waals surface area contributed by atoms with Gasteiger partial charge in [0, 0.05) is 11.3 Å². The molecule has 182 valence electrons. The number of nitrogens with zero attached hydrogens (tertiary/aromatic N) is 2. The average Bonchev–Trinajstić information content (AvgIpc) is 2.89. The molecule has 1 saturated carbocycles. The fourth-order valence-electron chi connectivity index (χ4n) is 5.82. The van der Waals surface area contributed by atoms with Crippen molar-refractivity contribution < 1.29 is 4.79 Å². The fourth-order valence-corrected chi connectivity index (χ4v) is 5.82. The number of hydrogen-bond donors (Lipinski definition) is 2. The standard InChI is InChI=1S/C31H32N4O/c32-25-13-14-26-24(19-25)12-15-27-30(26)33-28(17-20-6-2-1-3-7-20)31(34-27)35-29(36)18-21-10-11-22-8-4-5-9-23(22)16-21/h4-5,8-11,13-14,16,19-20H,1-3,6-7,12,15,17-18,32H2,(H,34,35,36). The van der Waals surface area contributed by atoms with Gasteiger partial charge >= 0.3 is 0 Å². The molecule has 36 heavy (non-hydrogen) atoms. The summed E-state index contributed by atoms with van der Waals surface area (Å²) in [6.45, 7) is 0. The number of aryl methyl sites for hydroxylation is 2. The van der Waals surface area contributed by atoms with E-state index in [-0.39, 0.29) is 5.91 Å². The third kappa shape index (κ3) is 4.70. The van der Waals surface area contributed by atoms with E-state index in [4.69, 9.17) is 15.7 Å². The van der Waals surface area contributed by atoms with Gasteiger partial charge in [-0.1, -0.05) is 80.6 Å². The Kier molecular flexibility index (Phi) is 6.14. The molecule has 5 heteroatoms. The van der Waals surface area contributed by atoms with E-state index in [1.165, 1.54) is 43.1 Å². The lowest BCUT2D eigenvalue weighted by Gasteiger charge is -2.24. The number of fused-ring (bicyclic) bond motifs is 4. The van der Waals surface area contributed by atoms with Crippen molar-refractivity contribution in [3.8, 4) is 11.3 Å². The number of carbonyl (C=O) groups excluding carboxylic acids is 1. The van der Waals surface area contributed by atoms with Gasteiger partial charge in [0.1, 0.15) is 0 Å². The molecule has 2 aliphatic carbocycles. The van der Waals surface area contributed by atoms with Crippen molar-refractivity contribution in [1.29, 1.82) is 0 Å². The van der Waals surface area contributed by atoms with E-state index in [2.05, 4.69) is 41.7 Å². The first-order valence-corrected chi connectivity index (χ1v) is 13.2. The molecular formula is C31H32N4O. The maximum absolute atomic E-state index is 13.2. The summed E-state index contributed by atoms with van der Waals surface area (Å²) < 4.78 is 0. The number of hydrogen-bond acceptors (Lipinski definition) is 4. The van der Waals surface area contributed by atoms with E-state index >= 15 is 0 Å². The lowest BCUT2D eigenvalue weighted by atomic mass is 9.85. The Morgan fingerprint density at radius 2 is 1.75 bits per heavy atom. The molecule has 0 unspecified atom stereocenters. The van der Waals surface area contributed by atoms with Gasteiger partial charge in [-0.05, 0) is 59.2 Å². The van der Waals surface area contributed by atoms with Crippen molar-refractivity contribution in [1.82, 2.24) is 9.97 Å². The normalized spacial score (nSPS) is 15.3. The van der Waals surface area contributed by atoms with Crippen LogP contribution in [0.5, 0.6) is 0 Å². The molecule has 3 N–H and O–H groups in total. The van der Waals surface area contributed by atoms with Crippen molar-refractivity contribution in [3.05, 3.63) is 83.2 Å². The molecule has 1 amide bonds. The predicted octanol–water partition coefficient (Wildman–Crippen LogP) is 6.28. The summed E-state index contributed by atoms with van der Waals surface area (Å²) in [4.78, 5) is 23.3. The first kappa shape index (κ1) is 22.7. The molecule has 6 rings (SSSR count). The van der Waals surface area contributed by atoms with Crippen LogP contribution < -0.4 is 11.1 Å². The SMILES string of the molecule is Nc1ccc2c(c1)CCc1nc(NC(=O)Cc3ccc4ccccc4c3)c(CC3CCCCC3)nc1-2. The van der Waals surface area contributed by atoms with E-state index in [1.54, 1.807) is 0 Å². The van der Waals surface area contributed by atoms with Gasteiger partial charge in [0.2, 0.25) is 5.91 Å². The zero-order valence-electron chi connectivity index (χ0n) is 20.6. The van der Waals surface area contributed by atoms with E-state index < -0.39 is 0 Å². The highest BCUT2D eigenvalue weighted by atomic mass is 16.1. The molecule has 1 heterocycles. The second kappa shape index (κ2) is 9.73. The molecule has 1 aromatic heterocycles. The minimum absolute atomic E-state index is 0.0478. The molecule has 0 saturated heterocycles. The van der Waals surface area contributed by atoms with Crippen LogP contribution in [-0.2, 0) is 30.5 Å². The number of nitrogen functional groups attached to an aromatic ring is 1. The van der Waals surface area contributed by atoms with Gasteiger partial charge in [0.25, 0.3) is 0 Å². The van der Waals surface area contributed by atoms with E-state index in [9.17, 15) is 4.79 Å². The Labute approximate surface area is 212 Å². The van der Waals surface area contributed by atoms with Crippen LogP contribution in [-0.4, -0.2) is 15.9 Å². The maximum Gasteiger partial charge on any atom is 0.229 e. The van der Waals surface area contributed by atoms with Crippen LogP contribution in [0.15, 0.2) is 60.7 Å². The molecule has 0 radical (unpaired) electrons. The Balaban J connectivity index is 1.30. The molecule has 1 fully saturated rings. The molecule has 0 spiro atoms. The van der Waals surface area contributed by atoms with E-state index in [0.29, 0.717) is 18.2 Å². The Morgan fingerprint density at radius 1 is 0.917 bits per heavy atom. The minimum atomic E-state index is -0.0478. The number of aromatic nitrogens is 2. The summed E-state index contributed by atoms with van der Waals surface area (Å²) in [6.07, 6.45) is 9.15. The van der Waals surface area contributed by atoms with Gasteiger partial charge in [-0.3, -0.25) is 4.79 Å². The number of anilines is 2. The zero-order chi connectivity index (χ0) is 24.5. The molecule has 2 aliphatic rings. The van der Waals surface area contributed by atoms with Gasteiger partial charge in [0.05, 0.1) is 23.5 Å². The summed E-state index contributed by atoms with van der Waals surface area (Å²) in [7, 11) is 0. The average molecular weight is 477 g/mol. The van der Waals surface area contributed by atoms with Crippen LogP contribution in [0.4, 0.5) is 11.5 Å². The largest absolute Gasteiger partial charge is 0.399 e. The Hall–Kier alpha value is -3.73. The number of benzene rings is 3. The van der Waals surface area contributed by atoms with Crippen LogP contribution in [0, 0.1) is 5.92 Å². The lowest BCUT2D eigenvalue weighted by molar-refractivity contribution is -0.115. The molecule has 4 aromatic rings. The first-order chi connectivity index (χ1) is 17.6. The zero-order valence-corrected chi connectivity index (χ0v) is 20.6. The summed E-state index contributed by atoms with van der Waals surface area (Å²) in [5, 5.41) is 5.47. The molecule has 0 aliphatic heterocycles. The smallest absolute Gasteiger partial charge is 0.229 e. The highest BCUT2D eigenvalue weighted by molar-refractivity contribution is 5.93. The van der Waals surface area contributed by atoms with Crippen molar-refractivity contribution >= 4 is 28.2 Å². The molecule has 3 aromatic carbocycles. The summed E-state index contributed by atoms with van der Waals surface area (Å²) in [5.41, 5.74) is 13.0. The van der Waals surface area contributed by atoms with Crippen molar-refractivity contribution in [3.63, 3.8) is 0 Å². The van der Waals surface area contributed by atoms with Gasteiger partial charge < -0.3 is 11.1 Å². The number of amides is 1. The highest BCUT2D eigenvalue weighted by Gasteiger charge is 2.24. The summed E-state index contributed by atoms with van der Waals surface area (Å²) in [5.74, 6) is 1.19. The number of nitrogens with two attached hydrogens (primary N) is 1. The molecular weight excluding hydrogens is 444 g/mol. The molecule has 5 nitrogen and oxygen atoms in total. The first-order valence-electron chi connectivity index (χ1n) is 13.2. The molecule has 0 atom stereocenters. The van der Waals surface area contributed by atoms with Crippen LogP contribution >= 0.6 is 0 Å². The third-order valence-corrected chi connectivity index (χ3v) is 7.70. The van der Waals surface area contributed by atoms with Crippen LogP contribution in [0.1, 0.15) is 54.6 Å². The van der Waals surface area contributed by atoms with Gasteiger partial charge in [-0.15, -0.1) is 0 Å². The minimum Gasteiger partial charge on any atom is -0.399 e. The van der Waals surface area contributed by atoms with E-state index in [0.717, 1.165) is 58.5 Å². The van der Waals surface area contributed by atoms with E-state index in [1.807, 2.05) is 24.3 Å². The maximum atomic E-state index is 13.2. The van der Waals surface area contributed by atoms with Gasteiger partial charge in [-0.25, -0.2) is 9.97 Å². The fraction of sp³-hybridized carbons (Fsp3) is 0.323. The quantitative estimate of drug-likeness (QED) is 0.332. The van der Waals surface area contributed by atoms with Crippen molar-refractivity contribution in [2.24, 2.45) is 5.92 Å². The second-order valence-corrected chi connectivity index (χ2v) is 10.3. The van der Waals surface area contributed by atoms with Crippen LogP contribution in [0.3, 0.4) is 0 Å². The number of nitrogens with one attached hydrogen (secondary N) is 1. The molecule has 0 bridgehead atoms. The third-order valence-electron chi connectivity index (χ3n) is 7.70. The topological polar surface area (TPSA) is 80.9 Å². The van der Waals surface area contributed by atoms with Gasteiger partial charge in [-0.2, -0.15) is 0 Å². The lowest BCUT2D eigenvalue weighted by Crippen LogP contribution is -2.21. The van der Waals surface area contributed by atoms with Gasteiger partial charge in [0.15, 0.2) is 5.82 Å². The van der Waals surface area contributed by atoms with Crippen LogP contribution in [0.2, 0.25) is 0 Å². The second-order valence-electron chi connectivity index (χ2n) is 10.3. The van der Waals surface area contributed by atoms with Crippen molar-refractivity contribution in [2.45, 2.75) is 57.8 Å². The predicted molar refractivity (Wildman–Crippen MR) is 146 cm³/mol. The Morgan fingerprint density at radius 3 is 2.61 bits per heavy atom. The Bertz CT molecular complexity index is 1440. The monoisotopic (exact) mass is 476 g/mol. The van der Waals surface area contributed by atoms with Crippen molar-refractivity contribution in [2.75, 3.05) is 11.1 Å². The number of rotatable bonds is 5.